The summed E-state index contributed by atoms with van der Waals surface area (Å²) < 4.78 is 5.49. The second kappa shape index (κ2) is 6.31. The van der Waals surface area contributed by atoms with E-state index in [0.717, 1.165) is 25.9 Å². The lowest BCUT2D eigenvalue weighted by Crippen LogP contribution is -2.25. The first-order chi connectivity index (χ1) is 8.63. The van der Waals surface area contributed by atoms with E-state index in [1.165, 1.54) is 6.07 Å². The van der Waals surface area contributed by atoms with Crippen molar-refractivity contribution in [3.63, 3.8) is 0 Å². The van der Waals surface area contributed by atoms with Crippen molar-refractivity contribution < 1.29 is 9.53 Å². The normalized spacial score (nSPS) is 19.6. The number of halogens is 2. The van der Waals surface area contributed by atoms with E-state index in [1.807, 2.05) is 0 Å². The molecular formula is C11H13Cl2N3O2. The van der Waals surface area contributed by atoms with Crippen molar-refractivity contribution >= 4 is 34.9 Å². The second-order valence-corrected chi connectivity index (χ2v) is 4.81. The van der Waals surface area contributed by atoms with Crippen molar-refractivity contribution in [1.82, 2.24) is 9.97 Å². The monoisotopic (exact) mass is 289 g/mol. The Bertz CT molecular complexity index is 416. The van der Waals surface area contributed by atoms with Gasteiger partial charge in [-0.1, -0.05) is 11.6 Å². The van der Waals surface area contributed by atoms with E-state index >= 15 is 0 Å². The molecule has 2 heterocycles. The third kappa shape index (κ3) is 4.08. The fourth-order valence-corrected chi connectivity index (χ4v) is 2.23. The number of ether oxygens (including phenoxy) is 1. The molecule has 1 amide bonds. The zero-order valence-electron chi connectivity index (χ0n) is 9.66. The van der Waals surface area contributed by atoms with Crippen LogP contribution in [0.4, 0.5) is 5.82 Å². The number of rotatable bonds is 3. The molecular weight excluding hydrogens is 277 g/mol. The fourth-order valence-electron chi connectivity index (χ4n) is 1.82. The van der Waals surface area contributed by atoms with Gasteiger partial charge in [0, 0.05) is 12.7 Å². The highest BCUT2D eigenvalue weighted by molar-refractivity contribution is 6.32. The van der Waals surface area contributed by atoms with Crippen LogP contribution in [0.1, 0.15) is 25.7 Å². The summed E-state index contributed by atoms with van der Waals surface area (Å²) >= 11 is 11.4. The van der Waals surface area contributed by atoms with Gasteiger partial charge >= 0.3 is 0 Å². The van der Waals surface area contributed by atoms with Crippen LogP contribution in [-0.2, 0) is 9.53 Å². The van der Waals surface area contributed by atoms with Crippen LogP contribution >= 0.6 is 23.2 Å². The van der Waals surface area contributed by atoms with Crippen LogP contribution in [0.3, 0.4) is 0 Å². The molecule has 0 bridgehead atoms. The zero-order valence-corrected chi connectivity index (χ0v) is 11.2. The topological polar surface area (TPSA) is 64.1 Å². The lowest BCUT2D eigenvalue weighted by Gasteiger charge is -2.21. The maximum absolute atomic E-state index is 11.8. The van der Waals surface area contributed by atoms with Crippen molar-refractivity contribution in [3.8, 4) is 0 Å². The number of anilines is 1. The van der Waals surface area contributed by atoms with E-state index in [0.29, 0.717) is 12.2 Å². The SMILES string of the molecule is O=C(CC1CCCCO1)Nc1cc(Cl)nc(Cl)n1. The van der Waals surface area contributed by atoms with Gasteiger partial charge in [0.05, 0.1) is 12.5 Å². The van der Waals surface area contributed by atoms with Crippen molar-refractivity contribution in [3.05, 3.63) is 16.5 Å². The van der Waals surface area contributed by atoms with Gasteiger partial charge in [-0.05, 0) is 30.9 Å². The van der Waals surface area contributed by atoms with Crippen molar-refractivity contribution in [2.45, 2.75) is 31.8 Å². The van der Waals surface area contributed by atoms with E-state index in [4.69, 9.17) is 27.9 Å². The predicted octanol–water partition coefficient (Wildman–Crippen LogP) is 2.68. The molecule has 1 aliphatic heterocycles. The molecule has 1 saturated heterocycles. The number of hydrogen-bond donors (Lipinski definition) is 1. The highest BCUT2D eigenvalue weighted by atomic mass is 35.5. The average molecular weight is 290 g/mol. The summed E-state index contributed by atoms with van der Waals surface area (Å²) in [4.78, 5) is 19.3. The minimum atomic E-state index is -0.160. The highest BCUT2D eigenvalue weighted by Gasteiger charge is 2.18. The zero-order chi connectivity index (χ0) is 13.0. The van der Waals surface area contributed by atoms with Gasteiger partial charge < -0.3 is 10.1 Å². The molecule has 18 heavy (non-hydrogen) atoms. The van der Waals surface area contributed by atoms with Gasteiger partial charge in [-0.2, -0.15) is 0 Å². The Balaban J connectivity index is 1.89. The second-order valence-electron chi connectivity index (χ2n) is 4.09. The summed E-state index contributed by atoms with van der Waals surface area (Å²) in [5.41, 5.74) is 0. The average Bonchev–Trinajstić information content (AvgIpc) is 2.28. The molecule has 0 aliphatic carbocycles. The Morgan fingerprint density at radius 1 is 1.44 bits per heavy atom. The molecule has 0 spiro atoms. The molecule has 1 N–H and O–H groups in total. The fraction of sp³-hybridized carbons (Fsp3) is 0.545. The van der Waals surface area contributed by atoms with Gasteiger partial charge in [0.2, 0.25) is 11.2 Å². The minimum absolute atomic E-state index is 0.00622. The number of amides is 1. The molecule has 98 valence electrons. The molecule has 0 saturated carbocycles. The molecule has 0 radical (unpaired) electrons. The molecule has 7 heteroatoms. The number of nitrogens with one attached hydrogen (secondary N) is 1. The van der Waals surface area contributed by atoms with Gasteiger partial charge in [-0.15, -0.1) is 0 Å². The summed E-state index contributed by atoms with van der Waals surface area (Å²) in [5, 5.41) is 2.83. The van der Waals surface area contributed by atoms with Gasteiger partial charge in [-0.3, -0.25) is 4.79 Å². The van der Waals surface area contributed by atoms with Gasteiger partial charge in [0.25, 0.3) is 0 Å². The summed E-state index contributed by atoms with van der Waals surface area (Å²) in [5.74, 6) is 0.147. The van der Waals surface area contributed by atoms with E-state index in [-0.39, 0.29) is 22.4 Å². The summed E-state index contributed by atoms with van der Waals surface area (Å²) in [6, 6.07) is 1.45. The smallest absolute Gasteiger partial charge is 0.228 e. The molecule has 1 aromatic heterocycles. The molecule has 1 unspecified atom stereocenters. The van der Waals surface area contributed by atoms with E-state index < -0.39 is 0 Å². The first-order valence-electron chi connectivity index (χ1n) is 5.75. The van der Waals surface area contributed by atoms with Crippen LogP contribution in [0, 0.1) is 0 Å². The first kappa shape index (κ1) is 13.5. The number of aromatic nitrogens is 2. The Labute approximate surface area is 115 Å². The van der Waals surface area contributed by atoms with Crippen molar-refractivity contribution in [2.24, 2.45) is 0 Å². The van der Waals surface area contributed by atoms with Crippen molar-refractivity contribution in [2.75, 3.05) is 11.9 Å². The van der Waals surface area contributed by atoms with Crippen LogP contribution in [0.15, 0.2) is 6.07 Å². The Hall–Kier alpha value is -0.910. The molecule has 2 rings (SSSR count). The van der Waals surface area contributed by atoms with Crippen molar-refractivity contribution in [1.29, 1.82) is 0 Å². The van der Waals surface area contributed by atoms with Crippen LogP contribution in [-0.4, -0.2) is 28.6 Å². The van der Waals surface area contributed by atoms with Crippen LogP contribution in [0.5, 0.6) is 0 Å². The third-order valence-corrected chi connectivity index (χ3v) is 2.98. The summed E-state index contributed by atoms with van der Waals surface area (Å²) in [6.45, 7) is 0.725. The lowest BCUT2D eigenvalue weighted by atomic mass is 10.1. The lowest BCUT2D eigenvalue weighted by molar-refractivity contribution is -0.119. The maximum atomic E-state index is 11.8. The van der Waals surface area contributed by atoms with E-state index in [9.17, 15) is 4.79 Å². The highest BCUT2D eigenvalue weighted by Crippen LogP contribution is 2.18. The molecule has 5 nitrogen and oxygen atoms in total. The molecule has 0 aromatic carbocycles. The standard InChI is InChI=1S/C11H13Cl2N3O2/c12-8-6-9(16-11(13)14-8)15-10(17)5-7-3-1-2-4-18-7/h6-7H,1-5H2,(H,14,15,16,17). The summed E-state index contributed by atoms with van der Waals surface area (Å²) in [6.07, 6.45) is 3.39. The Kier molecular flexibility index (Phi) is 4.74. The summed E-state index contributed by atoms with van der Waals surface area (Å²) in [7, 11) is 0. The van der Waals surface area contributed by atoms with Crippen LogP contribution in [0.2, 0.25) is 10.4 Å². The number of hydrogen-bond acceptors (Lipinski definition) is 4. The Morgan fingerprint density at radius 3 is 2.94 bits per heavy atom. The molecule has 1 aliphatic rings. The first-order valence-corrected chi connectivity index (χ1v) is 6.50. The number of carbonyl (C=O) groups excluding carboxylic acids is 1. The van der Waals surface area contributed by atoms with E-state index in [1.54, 1.807) is 0 Å². The molecule has 1 aromatic rings. The Morgan fingerprint density at radius 2 is 2.28 bits per heavy atom. The van der Waals surface area contributed by atoms with Gasteiger partial charge in [0.1, 0.15) is 11.0 Å². The van der Waals surface area contributed by atoms with Gasteiger partial charge in [-0.25, -0.2) is 9.97 Å². The predicted molar refractivity (Wildman–Crippen MR) is 68.9 cm³/mol. The minimum Gasteiger partial charge on any atom is -0.378 e. The quantitative estimate of drug-likeness (QED) is 0.686. The van der Waals surface area contributed by atoms with Crippen LogP contribution < -0.4 is 5.32 Å². The largest absolute Gasteiger partial charge is 0.378 e. The maximum Gasteiger partial charge on any atom is 0.228 e. The molecule has 1 atom stereocenters. The third-order valence-electron chi connectivity index (χ3n) is 2.62. The van der Waals surface area contributed by atoms with E-state index in [2.05, 4.69) is 15.3 Å². The van der Waals surface area contributed by atoms with Crippen LogP contribution in [0.25, 0.3) is 0 Å². The number of carbonyl (C=O) groups is 1. The molecule has 1 fully saturated rings. The van der Waals surface area contributed by atoms with Gasteiger partial charge in [0.15, 0.2) is 0 Å². The number of nitrogens with zero attached hydrogens (tertiary/aromatic N) is 2.